The largest absolute Gasteiger partial charge is 0.351 e. The molecule has 0 aliphatic rings. The van der Waals surface area contributed by atoms with Crippen LogP contribution in [0.25, 0.3) is 21.8 Å². The maximum Gasteiger partial charge on any atom is 0.0480 e. The average Bonchev–Trinajstić information content (AvgIpc) is 3.05. The van der Waals surface area contributed by atoms with Crippen LogP contribution in [0.2, 0.25) is 0 Å². The zero-order valence-corrected chi connectivity index (χ0v) is 13.7. The fourth-order valence-corrected chi connectivity index (χ4v) is 2.86. The van der Waals surface area contributed by atoms with E-state index in [-0.39, 0.29) is 0 Å². The molecule has 0 amide bonds. The zero-order valence-electron chi connectivity index (χ0n) is 13.7. The Morgan fingerprint density at radius 2 is 1.45 bits per heavy atom. The molecule has 0 aliphatic heterocycles. The Kier molecular flexibility index (Phi) is 3.76. The lowest BCUT2D eigenvalue weighted by Gasteiger charge is -1.96. The molecule has 4 aromatic rings. The minimum Gasteiger partial charge on any atom is -0.351 e. The third kappa shape index (κ3) is 2.64. The van der Waals surface area contributed by atoms with Gasteiger partial charge in [0.05, 0.1) is 0 Å². The molecule has 2 aromatic carbocycles. The van der Waals surface area contributed by atoms with Gasteiger partial charge in [0, 0.05) is 42.9 Å². The van der Waals surface area contributed by atoms with E-state index in [0.717, 1.165) is 0 Å². The normalized spacial score (nSPS) is 10.7. The van der Waals surface area contributed by atoms with Gasteiger partial charge in [-0.15, -0.1) is 0 Å². The van der Waals surface area contributed by atoms with Gasteiger partial charge in [-0.2, -0.15) is 0 Å². The van der Waals surface area contributed by atoms with E-state index >= 15 is 0 Å². The number of hydrogen-bond acceptors (Lipinski definition) is 0. The predicted octanol–water partition coefficient (Wildman–Crippen LogP) is 4.97. The van der Waals surface area contributed by atoms with Crippen LogP contribution in [0.15, 0.2) is 60.9 Å². The van der Waals surface area contributed by atoms with Gasteiger partial charge in [-0.3, -0.25) is 0 Å². The van der Waals surface area contributed by atoms with Crippen molar-refractivity contribution < 1.29 is 0 Å². The Morgan fingerprint density at radius 3 is 2.23 bits per heavy atom. The van der Waals surface area contributed by atoms with Crippen LogP contribution in [0, 0.1) is 13.8 Å². The SMILES string of the molecule is Cc1ccc2c(ccn2C)c1.Cc1cccc2c1ccn2C. The van der Waals surface area contributed by atoms with Crippen molar-refractivity contribution in [3.63, 3.8) is 0 Å². The van der Waals surface area contributed by atoms with Gasteiger partial charge in [-0.25, -0.2) is 0 Å². The third-order valence-corrected chi connectivity index (χ3v) is 4.19. The summed E-state index contributed by atoms with van der Waals surface area (Å²) in [5.74, 6) is 0. The molecule has 2 heterocycles. The molecule has 4 rings (SSSR count). The summed E-state index contributed by atoms with van der Waals surface area (Å²) < 4.78 is 4.27. The van der Waals surface area contributed by atoms with E-state index in [9.17, 15) is 0 Å². The van der Waals surface area contributed by atoms with Gasteiger partial charge in [0.15, 0.2) is 0 Å². The van der Waals surface area contributed by atoms with Crippen LogP contribution in [0.3, 0.4) is 0 Å². The highest BCUT2D eigenvalue weighted by Crippen LogP contribution is 2.18. The maximum absolute atomic E-state index is 2.20. The lowest BCUT2D eigenvalue weighted by molar-refractivity contribution is 0.969. The summed E-state index contributed by atoms with van der Waals surface area (Å²) in [7, 11) is 4.14. The lowest BCUT2D eigenvalue weighted by Crippen LogP contribution is -1.83. The highest BCUT2D eigenvalue weighted by Gasteiger charge is 1.97. The fraction of sp³-hybridized carbons (Fsp3) is 0.200. The zero-order chi connectivity index (χ0) is 15.7. The maximum atomic E-state index is 2.20. The Labute approximate surface area is 131 Å². The van der Waals surface area contributed by atoms with E-state index in [2.05, 4.69) is 98.0 Å². The van der Waals surface area contributed by atoms with Crippen molar-refractivity contribution in [1.29, 1.82) is 0 Å². The van der Waals surface area contributed by atoms with Gasteiger partial charge in [-0.1, -0.05) is 23.8 Å². The molecule has 22 heavy (non-hydrogen) atoms. The Morgan fingerprint density at radius 1 is 0.727 bits per heavy atom. The monoisotopic (exact) mass is 290 g/mol. The number of nitrogens with zero attached hydrogens (tertiary/aromatic N) is 2. The molecule has 0 fully saturated rings. The quantitative estimate of drug-likeness (QED) is 0.432. The van der Waals surface area contributed by atoms with E-state index in [1.807, 2.05) is 0 Å². The highest BCUT2D eigenvalue weighted by molar-refractivity contribution is 5.83. The number of fused-ring (bicyclic) bond motifs is 2. The Bertz CT molecular complexity index is 925. The molecule has 2 aromatic heterocycles. The summed E-state index contributed by atoms with van der Waals surface area (Å²) in [4.78, 5) is 0. The van der Waals surface area contributed by atoms with Crippen molar-refractivity contribution in [2.24, 2.45) is 14.1 Å². The summed E-state index contributed by atoms with van der Waals surface area (Å²) in [6.45, 7) is 4.26. The smallest absolute Gasteiger partial charge is 0.0480 e. The van der Waals surface area contributed by atoms with Crippen LogP contribution in [0.1, 0.15) is 11.1 Å². The minimum atomic E-state index is 1.30. The highest BCUT2D eigenvalue weighted by atomic mass is 14.9. The molecule has 0 N–H and O–H groups in total. The van der Waals surface area contributed by atoms with Crippen molar-refractivity contribution >= 4 is 21.8 Å². The fourth-order valence-electron chi connectivity index (χ4n) is 2.86. The number of aryl methyl sites for hydroxylation is 4. The van der Waals surface area contributed by atoms with E-state index in [1.54, 1.807) is 0 Å². The first-order valence-electron chi connectivity index (χ1n) is 7.58. The minimum absolute atomic E-state index is 1.30. The van der Waals surface area contributed by atoms with Crippen molar-refractivity contribution in [1.82, 2.24) is 9.13 Å². The molecule has 0 radical (unpaired) electrons. The average molecular weight is 290 g/mol. The van der Waals surface area contributed by atoms with E-state index in [1.165, 1.54) is 32.9 Å². The van der Waals surface area contributed by atoms with Gasteiger partial charge in [0.25, 0.3) is 0 Å². The molecular weight excluding hydrogens is 268 g/mol. The van der Waals surface area contributed by atoms with Crippen molar-refractivity contribution in [3.05, 3.63) is 72.1 Å². The Balaban J connectivity index is 0.000000131. The van der Waals surface area contributed by atoms with Gasteiger partial charge in [0.1, 0.15) is 0 Å². The molecule has 0 unspecified atom stereocenters. The molecule has 0 saturated heterocycles. The number of aromatic nitrogens is 2. The van der Waals surface area contributed by atoms with E-state index < -0.39 is 0 Å². The molecule has 0 bridgehead atoms. The van der Waals surface area contributed by atoms with Crippen LogP contribution >= 0.6 is 0 Å². The van der Waals surface area contributed by atoms with Crippen LogP contribution in [-0.4, -0.2) is 9.13 Å². The molecule has 0 saturated carbocycles. The van der Waals surface area contributed by atoms with Crippen LogP contribution in [0.4, 0.5) is 0 Å². The molecule has 0 spiro atoms. The second-order valence-electron chi connectivity index (χ2n) is 5.92. The molecule has 2 nitrogen and oxygen atoms in total. The molecule has 2 heteroatoms. The van der Waals surface area contributed by atoms with Gasteiger partial charge in [-0.05, 0) is 55.1 Å². The first-order valence-corrected chi connectivity index (χ1v) is 7.58. The van der Waals surface area contributed by atoms with Crippen LogP contribution in [0.5, 0.6) is 0 Å². The van der Waals surface area contributed by atoms with E-state index in [0.29, 0.717) is 0 Å². The molecule has 0 aliphatic carbocycles. The number of rotatable bonds is 0. The topological polar surface area (TPSA) is 9.86 Å². The first kappa shape index (κ1) is 14.5. The standard InChI is InChI=1S/2C10H11N/c1-8-3-4-10-9(7-8)5-6-11(10)2;1-8-4-3-5-10-9(8)6-7-11(10)2/h2*3-7H,1-2H3. The summed E-state index contributed by atoms with van der Waals surface area (Å²) in [6, 6.07) is 17.2. The second kappa shape index (κ2) is 5.72. The third-order valence-electron chi connectivity index (χ3n) is 4.19. The Hall–Kier alpha value is -2.48. The molecular formula is C20H22N2. The summed E-state index contributed by atoms with van der Waals surface area (Å²) in [6.07, 6.45) is 4.18. The summed E-state index contributed by atoms with van der Waals surface area (Å²) in [5, 5.41) is 2.68. The van der Waals surface area contributed by atoms with Gasteiger partial charge >= 0.3 is 0 Å². The summed E-state index contributed by atoms with van der Waals surface area (Å²) >= 11 is 0. The van der Waals surface area contributed by atoms with Crippen LogP contribution < -0.4 is 0 Å². The van der Waals surface area contributed by atoms with Crippen LogP contribution in [-0.2, 0) is 14.1 Å². The summed E-state index contributed by atoms with van der Waals surface area (Å²) in [5.41, 5.74) is 5.28. The second-order valence-corrected chi connectivity index (χ2v) is 5.92. The van der Waals surface area contributed by atoms with Gasteiger partial charge in [0.2, 0.25) is 0 Å². The van der Waals surface area contributed by atoms with Crippen molar-refractivity contribution in [2.75, 3.05) is 0 Å². The number of hydrogen-bond donors (Lipinski definition) is 0. The van der Waals surface area contributed by atoms with Crippen molar-refractivity contribution in [2.45, 2.75) is 13.8 Å². The predicted molar refractivity (Wildman–Crippen MR) is 95.3 cm³/mol. The van der Waals surface area contributed by atoms with Gasteiger partial charge < -0.3 is 9.13 Å². The first-order chi connectivity index (χ1) is 10.6. The number of benzene rings is 2. The molecule has 0 atom stereocenters. The van der Waals surface area contributed by atoms with E-state index in [4.69, 9.17) is 0 Å². The lowest BCUT2D eigenvalue weighted by atomic mass is 10.1. The van der Waals surface area contributed by atoms with Crippen molar-refractivity contribution in [3.8, 4) is 0 Å². The molecule has 112 valence electrons.